The molecule has 0 aromatic carbocycles. The van der Waals surface area contributed by atoms with Crippen molar-refractivity contribution in [3.05, 3.63) is 23.5 Å². The van der Waals surface area contributed by atoms with E-state index in [1.165, 1.54) is 4.90 Å². The Morgan fingerprint density at radius 2 is 1.60 bits per heavy atom. The molecule has 1 rings (SSSR count). The second-order valence-corrected chi connectivity index (χ2v) is 3.96. The number of thioether (sulfide) groups is 1. The summed E-state index contributed by atoms with van der Waals surface area (Å²) in [5.41, 5.74) is 12.9. The molecule has 4 N–H and O–H groups in total. The predicted molar refractivity (Wildman–Crippen MR) is 67.8 cm³/mol. The lowest BCUT2D eigenvalue weighted by molar-refractivity contribution is 0.901. The van der Waals surface area contributed by atoms with E-state index in [-0.39, 0.29) is 0 Å². The van der Waals surface area contributed by atoms with Crippen LogP contribution in [0.2, 0.25) is 0 Å². The standard InChI is InChI=1S/C9H15N3S.C2H6/c1-2-13-9-3-7(5-10)12-8(4-9)6-11;1-2/h3-4H,2,5-6,10-11H2,1H3;1-2H3. The summed E-state index contributed by atoms with van der Waals surface area (Å²) in [6.45, 7) is 7.07. The van der Waals surface area contributed by atoms with Gasteiger partial charge in [-0.05, 0) is 17.9 Å². The number of aromatic nitrogens is 1. The normalized spacial score (nSPS) is 9.40. The second-order valence-electron chi connectivity index (χ2n) is 2.63. The van der Waals surface area contributed by atoms with Crippen LogP contribution in [0.15, 0.2) is 17.0 Å². The smallest absolute Gasteiger partial charge is 0.0554 e. The van der Waals surface area contributed by atoms with Crippen molar-refractivity contribution < 1.29 is 0 Å². The van der Waals surface area contributed by atoms with Crippen molar-refractivity contribution in [1.82, 2.24) is 4.98 Å². The number of pyridine rings is 1. The Labute approximate surface area is 96.6 Å². The molecule has 0 spiro atoms. The van der Waals surface area contributed by atoms with Crippen LogP contribution >= 0.6 is 11.8 Å². The molecule has 3 nitrogen and oxygen atoms in total. The molecule has 0 aliphatic heterocycles. The Morgan fingerprint density at radius 3 is 1.93 bits per heavy atom. The summed E-state index contributed by atoms with van der Waals surface area (Å²) >= 11 is 1.78. The first-order chi connectivity index (χ1) is 7.30. The highest BCUT2D eigenvalue weighted by atomic mass is 32.2. The van der Waals surface area contributed by atoms with Crippen molar-refractivity contribution >= 4 is 11.8 Å². The van der Waals surface area contributed by atoms with Gasteiger partial charge in [0.1, 0.15) is 0 Å². The SMILES string of the molecule is CC.CCSc1cc(CN)nc(CN)c1. The van der Waals surface area contributed by atoms with Gasteiger partial charge in [-0.3, -0.25) is 4.98 Å². The molecule has 4 heteroatoms. The van der Waals surface area contributed by atoms with Crippen molar-refractivity contribution in [2.24, 2.45) is 11.5 Å². The van der Waals surface area contributed by atoms with Crippen LogP contribution in [-0.4, -0.2) is 10.7 Å². The molecular formula is C11H21N3S. The van der Waals surface area contributed by atoms with Gasteiger partial charge in [0, 0.05) is 18.0 Å². The summed E-state index contributed by atoms with van der Waals surface area (Å²) in [6.07, 6.45) is 0. The molecule has 15 heavy (non-hydrogen) atoms. The molecular weight excluding hydrogens is 206 g/mol. The van der Waals surface area contributed by atoms with E-state index >= 15 is 0 Å². The lowest BCUT2D eigenvalue weighted by Gasteiger charge is -2.04. The Balaban J connectivity index is 0.000000921. The molecule has 0 amide bonds. The van der Waals surface area contributed by atoms with E-state index in [1.807, 2.05) is 26.0 Å². The van der Waals surface area contributed by atoms with Crippen LogP contribution in [-0.2, 0) is 13.1 Å². The van der Waals surface area contributed by atoms with Gasteiger partial charge in [-0.2, -0.15) is 0 Å². The highest BCUT2D eigenvalue weighted by Gasteiger charge is 2.00. The number of nitrogens with zero attached hydrogens (tertiary/aromatic N) is 1. The zero-order valence-electron chi connectivity index (χ0n) is 9.79. The third-order valence-electron chi connectivity index (χ3n) is 1.63. The van der Waals surface area contributed by atoms with E-state index in [2.05, 4.69) is 11.9 Å². The molecule has 0 aliphatic carbocycles. The van der Waals surface area contributed by atoms with Gasteiger partial charge in [0.25, 0.3) is 0 Å². The number of hydrogen-bond acceptors (Lipinski definition) is 4. The topological polar surface area (TPSA) is 64.9 Å². The quantitative estimate of drug-likeness (QED) is 0.773. The summed E-state index contributed by atoms with van der Waals surface area (Å²) in [5.74, 6) is 1.05. The lowest BCUT2D eigenvalue weighted by atomic mass is 10.3. The van der Waals surface area contributed by atoms with Gasteiger partial charge < -0.3 is 11.5 Å². The zero-order valence-corrected chi connectivity index (χ0v) is 10.6. The maximum absolute atomic E-state index is 5.53. The summed E-state index contributed by atoms with van der Waals surface area (Å²) in [7, 11) is 0. The van der Waals surface area contributed by atoms with Gasteiger partial charge in [-0.15, -0.1) is 11.8 Å². The van der Waals surface area contributed by atoms with Crippen molar-refractivity contribution in [3.8, 4) is 0 Å². The Kier molecular flexibility index (Phi) is 8.37. The molecule has 0 atom stereocenters. The zero-order chi connectivity index (χ0) is 11.7. The van der Waals surface area contributed by atoms with Crippen LogP contribution < -0.4 is 11.5 Å². The van der Waals surface area contributed by atoms with Gasteiger partial charge in [0.05, 0.1) is 11.4 Å². The Bertz CT molecular complexity index is 254. The Morgan fingerprint density at radius 1 is 1.13 bits per heavy atom. The molecule has 0 saturated carbocycles. The van der Waals surface area contributed by atoms with E-state index < -0.39 is 0 Å². The molecule has 0 unspecified atom stereocenters. The summed E-state index contributed by atoms with van der Waals surface area (Å²) < 4.78 is 0. The monoisotopic (exact) mass is 227 g/mol. The number of rotatable bonds is 4. The highest BCUT2D eigenvalue weighted by Crippen LogP contribution is 2.18. The average Bonchev–Trinajstić information content (AvgIpc) is 2.31. The molecule has 1 aromatic rings. The first kappa shape index (κ1) is 14.4. The predicted octanol–water partition coefficient (Wildman–Crippen LogP) is 2.14. The van der Waals surface area contributed by atoms with Crippen LogP contribution in [0.5, 0.6) is 0 Å². The Hall–Kier alpha value is -0.580. The lowest BCUT2D eigenvalue weighted by Crippen LogP contribution is -2.05. The van der Waals surface area contributed by atoms with Crippen molar-refractivity contribution in [1.29, 1.82) is 0 Å². The van der Waals surface area contributed by atoms with Gasteiger partial charge in [0.15, 0.2) is 0 Å². The molecule has 0 bridgehead atoms. The van der Waals surface area contributed by atoms with Crippen LogP contribution in [0.3, 0.4) is 0 Å². The minimum Gasteiger partial charge on any atom is -0.325 e. The van der Waals surface area contributed by atoms with Crippen LogP contribution in [0.4, 0.5) is 0 Å². The third-order valence-corrected chi connectivity index (χ3v) is 2.49. The van der Waals surface area contributed by atoms with E-state index in [4.69, 9.17) is 11.5 Å². The van der Waals surface area contributed by atoms with Gasteiger partial charge in [-0.25, -0.2) is 0 Å². The molecule has 0 aliphatic rings. The fraction of sp³-hybridized carbons (Fsp3) is 0.545. The summed E-state index contributed by atoms with van der Waals surface area (Å²) in [6, 6.07) is 4.04. The summed E-state index contributed by atoms with van der Waals surface area (Å²) in [5, 5.41) is 0. The molecule has 0 fully saturated rings. The largest absolute Gasteiger partial charge is 0.325 e. The fourth-order valence-electron chi connectivity index (χ4n) is 1.08. The maximum atomic E-state index is 5.53. The van der Waals surface area contributed by atoms with Crippen LogP contribution in [0.1, 0.15) is 32.2 Å². The minimum absolute atomic E-state index is 0.477. The first-order valence-corrected chi connectivity index (χ1v) is 6.31. The third kappa shape index (κ3) is 5.16. The van der Waals surface area contributed by atoms with Crippen molar-refractivity contribution in [3.63, 3.8) is 0 Å². The first-order valence-electron chi connectivity index (χ1n) is 5.33. The highest BCUT2D eigenvalue weighted by molar-refractivity contribution is 7.99. The van der Waals surface area contributed by atoms with Gasteiger partial charge in [0.2, 0.25) is 0 Å². The van der Waals surface area contributed by atoms with Gasteiger partial charge in [-0.1, -0.05) is 20.8 Å². The van der Waals surface area contributed by atoms with Gasteiger partial charge >= 0.3 is 0 Å². The minimum atomic E-state index is 0.477. The fourth-order valence-corrected chi connectivity index (χ4v) is 1.85. The maximum Gasteiger partial charge on any atom is 0.0554 e. The molecule has 0 radical (unpaired) electrons. The van der Waals surface area contributed by atoms with Crippen LogP contribution in [0.25, 0.3) is 0 Å². The number of hydrogen-bond donors (Lipinski definition) is 2. The van der Waals surface area contributed by atoms with E-state index in [0.717, 1.165) is 17.1 Å². The van der Waals surface area contributed by atoms with Crippen LogP contribution in [0, 0.1) is 0 Å². The van der Waals surface area contributed by atoms with Crippen molar-refractivity contribution in [2.45, 2.75) is 38.8 Å². The molecule has 1 aromatic heterocycles. The molecule has 0 saturated heterocycles. The number of nitrogens with two attached hydrogens (primary N) is 2. The summed E-state index contributed by atoms with van der Waals surface area (Å²) in [4.78, 5) is 5.50. The molecule has 1 heterocycles. The van der Waals surface area contributed by atoms with Crippen molar-refractivity contribution in [2.75, 3.05) is 5.75 Å². The molecule has 86 valence electrons. The van der Waals surface area contributed by atoms with E-state index in [9.17, 15) is 0 Å². The van der Waals surface area contributed by atoms with E-state index in [0.29, 0.717) is 13.1 Å². The average molecular weight is 227 g/mol. The van der Waals surface area contributed by atoms with E-state index in [1.54, 1.807) is 11.8 Å². The second kappa shape index (κ2) is 8.71.